The number of nitrogens with zero attached hydrogens (tertiary/aromatic N) is 2. The van der Waals surface area contributed by atoms with Crippen molar-refractivity contribution in [3.05, 3.63) is 83.6 Å². The summed E-state index contributed by atoms with van der Waals surface area (Å²) in [7, 11) is 0. The fourth-order valence-electron chi connectivity index (χ4n) is 3.33. The summed E-state index contributed by atoms with van der Waals surface area (Å²) >= 11 is 4.63. The molecule has 0 spiro atoms. The van der Waals surface area contributed by atoms with Gasteiger partial charge in [-0.1, -0.05) is 78.5 Å². The van der Waals surface area contributed by atoms with Crippen LogP contribution in [0.5, 0.6) is 0 Å². The summed E-state index contributed by atoms with van der Waals surface area (Å²) in [5.74, 6) is 0.568. The standard InChI is InChI=1S/C25H20N4OS3/c30-21(27-24-26-19(16-33-24)20-12-7-14-31-20)13-15-32-25-28-22(17-8-3-1-4-9-17)23(29-25)18-10-5-2-6-11-18/h1-12,14,16H,13,15H2,(H,28,29)(H,26,27,30). The van der Waals surface area contributed by atoms with E-state index in [1.807, 2.05) is 59.3 Å². The first-order valence-electron chi connectivity index (χ1n) is 10.4. The van der Waals surface area contributed by atoms with E-state index in [9.17, 15) is 4.79 Å². The number of hydrogen-bond acceptors (Lipinski definition) is 6. The molecule has 3 aromatic heterocycles. The van der Waals surface area contributed by atoms with Crippen molar-refractivity contribution < 1.29 is 4.79 Å². The molecular weight excluding hydrogens is 469 g/mol. The fraction of sp³-hybridized carbons (Fsp3) is 0.0800. The van der Waals surface area contributed by atoms with Gasteiger partial charge in [0.2, 0.25) is 5.91 Å². The van der Waals surface area contributed by atoms with Crippen molar-refractivity contribution in [2.75, 3.05) is 11.1 Å². The topological polar surface area (TPSA) is 70.7 Å². The number of thioether (sulfide) groups is 1. The average Bonchev–Trinajstić information content (AvgIpc) is 3.61. The molecule has 0 radical (unpaired) electrons. The van der Waals surface area contributed by atoms with Gasteiger partial charge in [0.15, 0.2) is 10.3 Å². The first-order chi connectivity index (χ1) is 16.3. The highest BCUT2D eigenvalue weighted by Gasteiger charge is 2.15. The molecule has 2 aromatic carbocycles. The SMILES string of the molecule is O=C(CCSc1nc(-c2ccccc2)c(-c2ccccc2)[nH]1)Nc1nc(-c2cccs2)cs1. The molecule has 3 heterocycles. The Labute approximate surface area is 204 Å². The van der Waals surface area contributed by atoms with Crippen LogP contribution >= 0.6 is 34.4 Å². The summed E-state index contributed by atoms with van der Waals surface area (Å²) in [6.07, 6.45) is 0.376. The Morgan fingerprint density at radius 2 is 1.67 bits per heavy atom. The highest BCUT2D eigenvalue weighted by atomic mass is 32.2. The van der Waals surface area contributed by atoms with Crippen molar-refractivity contribution in [3.8, 4) is 33.1 Å². The molecule has 8 heteroatoms. The van der Waals surface area contributed by atoms with E-state index in [1.54, 1.807) is 23.1 Å². The molecule has 5 nitrogen and oxygen atoms in total. The fourth-order valence-corrected chi connectivity index (χ4v) is 5.63. The van der Waals surface area contributed by atoms with Crippen LogP contribution in [0.4, 0.5) is 5.13 Å². The highest BCUT2D eigenvalue weighted by Crippen LogP contribution is 2.33. The van der Waals surface area contributed by atoms with Crippen LogP contribution in [0.1, 0.15) is 6.42 Å². The summed E-state index contributed by atoms with van der Waals surface area (Å²) in [4.78, 5) is 26.3. The lowest BCUT2D eigenvalue weighted by atomic mass is 10.1. The number of amides is 1. The van der Waals surface area contributed by atoms with E-state index in [0.29, 0.717) is 17.3 Å². The number of nitrogens with one attached hydrogen (secondary N) is 2. The molecule has 0 aliphatic heterocycles. The largest absolute Gasteiger partial charge is 0.332 e. The number of rotatable bonds is 8. The van der Waals surface area contributed by atoms with Crippen LogP contribution in [0, 0.1) is 0 Å². The zero-order valence-corrected chi connectivity index (χ0v) is 20.0. The van der Waals surface area contributed by atoms with E-state index in [0.717, 1.165) is 38.2 Å². The molecule has 0 aliphatic rings. The molecule has 0 saturated carbocycles. The Balaban J connectivity index is 1.23. The smallest absolute Gasteiger partial charge is 0.226 e. The van der Waals surface area contributed by atoms with Gasteiger partial charge in [-0.05, 0) is 11.4 Å². The summed E-state index contributed by atoms with van der Waals surface area (Å²) < 4.78 is 0. The van der Waals surface area contributed by atoms with E-state index in [-0.39, 0.29) is 5.91 Å². The van der Waals surface area contributed by atoms with Gasteiger partial charge in [-0.2, -0.15) is 0 Å². The molecule has 0 saturated heterocycles. The van der Waals surface area contributed by atoms with Gasteiger partial charge in [-0.25, -0.2) is 9.97 Å². The Bertz CT molecular complexity index is 1270. The Kier molecular flexibility index (Phi) is 6.66. The molecule has 0 fully saturated rings. The van der Waals surface area contributed by atoms with Crippen LogP contribution in [0.15, 0.2) is 88.7 Å². The predicted octanol–water partition coefficient (Wildman–Crippen LogP) is 7.05. The van der Waals surface area contributed by atoms with Crippen molar-refractivity contribution in [2.24, 2.45) is 0 Å². The molecule has 164 valence electrons. The molecule has 1 amide bonds. The molecule has 5 aromatic rings. The maximum Gasteiger partial charge on any atom is 0.226 e. The quantitative estimate of drug-likeness (QED) is 0.230. The van der Waals surface area contributed by atoms with Gasteiger partial charge in [0.1, 0.15) is 0 Å². The van der Waals surface area contributed by atoms with Crippen LogP contribution in [0.3, 0.4) is 0 Å². The summed E-state index contributed by atoms with van der Waals surface area (Å²) in [6.45, 7) is 0. The van der Waals surface area contributed by atoms with Crippen LogP contribution in [0.25, 0.3) is 33.1 Å². The Morgan fingerprint density at radius 3 is 2.39 bits per heavy atom. The van der Waals surface area contributed by atoms with Gasteiger partial charge in [0.25, 0.3) is 0 Å². The number of hydrogen-bond donors (Lipinski definition) is 2. The Morgan fingerprint density at radius 1 is 0.909 bits per heavy atom. The number of thiophene rings is 1. The summed E-state index contributed by atoms with van der Waals surface area (Å²) in [5, 5.41) is 8.32. The van der Waals surface area contributed by atoms with Gasteiger partial charge >= 0.3 is 0 Å². The van der Waals surface area contributed by atoms with Gasteiger partial charge in [-0.15, -0.1) is 22.7 Å². The van der Waals surface area contributed by atoms with Crippen molar-refractivity contribution in [1.29, 1.82) is 0 Å². The second-order valence-corrected chi connectivity index (χ2v) is 10.0. The predicted molar refractivity (Wildman–Crippen MR) is 139 cm³/mol. The van der Waals surface area contributed by atoms with Crippen LogP contribution in [0.2, 0.25) is 0 Å². The van der Waals surface area contributed by atoms with Gasteiger partial charge in [0.05, 0.1) is 22.0 Å². The number of anilines is 1. The van der Waals surface area contributed by atoms with Crippen LogP contribution in [-0.2, 0) is 4.79 Å². The zero-order chi connectivity index (χ0) is 22.5. The van der Waals surface area contributed by atoms with E-state index < -0.39 is 0 Å². The molecular formula is C25H20N4OS3. The second-order valence-electron chi connectivity index (χ2n) is 7.16. The number of aromatic nitrogens is 3. The average molecular weight is 489 g/mol. The number of imidazole rings is 1. The van der Waals surface area contributed by atoms with Gasteiger partial charge in [-0.3, -0.25) is 4.79 Å². The van der Waals surface area contributed by atoms with Crippen molar-refractivity contribution >= 4 is 45.5 Å². The second kappa shape index (κ2) is 10.2. The van der Waals surface area contributed by atoms with Crippen molar-refractivity contribution in [2.45, 2.75) is 11.6 Å². The Hall–Kier alpha value is -3.20. The minimum atomic E-state index is -0.0484. The molecule has 2 N–H and O–H groups in total. The third-order valence-corrected chi connectivity index (χ3v) is 7.41. The number of carbonyl (C=O) groups excluding carboxylic acids is 1. The third-order valence-electron chi connectivity index (χ3n) is 4.88. The molecule has 0 bridgehead atoms. The number of thiazole rings is 1. The normalized spacial score (nSPS) is 10.9. The van der Waals surface area contributed by atoms with E-state index in [1.165, 1.54) is 11.3 Å². The van der Waals surface area contributed by atoms with Crippen LogP contribution in [-0.4, -0.2) is 26.6 Å². The van der Waals surface area contributed by atoms with E-state index in [2.05, 4.69) is 39.6 Å². The van der Waals surface area contributed by atoms with Crippen LogP contribution < -0.4 is 5.32 Å². The molecule has 0 aliphatic carbocycles. The first-order valence-corrected chi connectivity index (χ1v) is 13.1. The number of aromatic amines is 1. The number of benzene rings is 2. The van der Waals surface area contributed by atoms with Crippen molar-refractivity contribution in [3.63, 3.8) is 0 Å². The maximum atomic E-state index is 12.4. The maximum absolute atomic E-state index is 12.4. The summed E-state index contributed by atoms with van der Waals surface area (Å²) in [5.41, 5.74) is 4.94. The molecule has 0 atom stereocenters. The molecule has 0 unspecified atom stereocenters. The van der Waals surface area contributed by atoms with Crippen molar-refractivity contribution in [1.82, 2.24) is 15.0 Å². The monoisotopic (exact) mass is 488 g/mol. The first kappa shape index (κ1) is 21.6. The lowest BCUT2D eigenvalue weighted by Crippen LogP contribution is -2.11. The number of H-pyrrole nitrogens is 1. The third kappa shape index (κ3) is 5.24. The molecule has 5 rings (SSSR count). The lowest BCUT2D eigenvalue weighted by Gasteiger charge is -2.02. The zero-order valence-electron chi connectivity index (χ0n) is 17.5. The minimum Gasteiger partial charge on any atom is -0.332 e. The lowest BCUT2D eigenvalue weighted by molar-refractivity contribution is -0.115. The van der Waals surface area contributed by atoms with E-state index >= 15 is 0 Å². The van der Waals surface area contributed by atoms with Gasteiger partial charge < -0.3 is 10.3 Å². The minimum absolute atomic E-state index is 0.0484. The number of carbonyl (C=O) groups is 1. The highest BCUT2D eigenvalue weighted by molar-refractivity contribution is 7.99. The molecule has 33 heavy (non-hydrogen) atoms. The van der Waals surface area contributed by atoms with Gasteiger partial charge in [0, 0.05) is 28.7 Å². The van der Waals surface area contributed by atoms with E-state index in [4.69, 9.17) is 4.98 Å². The summed E-state index contributed by atoms with van der Waals surface area (Å²) in [6, 6.07) is 24.3.